The Morgan fingerprint density at radius 1 is 1.50 bits per heavy atom. The van der Waals surface area contributed by atoms with Gasteiger partial charge in [-0.3, -0.25) is 4.90 Å². The second-order valence-corrected chi connectivity index (χ2v) is 4.75. The average molecular weight is 285 g/mol. The maximum atomic E-state index is 12.9. The van der Waals surface area contributed by atoms with E-state index in [2.05, 4.69) is 22.0 Å². The van der Waals surface area contributed by atoms with Gasteiger partial charge in [0.25, 0.3) is 0 Å². The number of nitrogens with zero attached hydrogens (tertiary/aromatic N) is 2. The molecule has 0 aliphatic heterocycles. The van der Waals surface area contributed by atoms with Gasteiger partial charge in [-0.25, -0.2) is 4.39 Å². The molecular weight excluding hydrogens is 271 g/mol. The molecule has 0 N–H and O–H groups in total. The molecule has 2 nitrogen and oxygen atoms in total. The van der Waals surface area contributed by atoms with Gasteiger partial charge in [-0.1, -0.05) is 22.0 Å². The zero-order valence-electron chi connectivity index (χ0n) is 9.37. The van der Waals surface area contributed by atoms with E-state index in [1.807, 2.05) is 18.7 Å². The molecule has 16 heavy (non-hydrogen) atoms. The van der Waals surface area contributed by atoms with Gasteiger partial charge in [-0.2, -0.15) is 5.26 Å². The third-order valence-electron chi connectivity index (χ3n) is 2.39. The fourth-order valence-electron chi connectivity index (χ4n) is 1.38. The van der Waals surface area contributed by atoms with Gasteiger partial charge in [0.15, 0.2) is 0 Å². The number of nitriles is 1. The van der Waals surface area contributed by atoms with E-state index in [1.54, 1.807) is 6.07 Å². The van der Waals surface area contributed by atoms with Gasteiger partial charge in [-0.05, 0) is 31.5 Å². The molecule has 1 rings (SSSR count). The third-order valence-corrected chi connectivity index (χ3v) is 3.13. The van der Waals surface area contributed by atoms with Crippen LogP contribution in [-0.2, 0) is 6.54 Å². The van der Waals surface area contributed by atoms with E-state index in [-0.39, 0.29) is 11.9 Å². The molecule has 0 spiro atoms. The van der Waals surface area contributed by atoms with Crippen LogP contribution < -0.4 is 0 Å². The predicted molar refractivity (Wildman–Crippen MR) is 65.3 cm³/mol. The van der Waals surface area contributed by atoms with Crippen molar-refractivity contribution in [3.63, 3.8) is 0 Å². The van der Waals surface area contributed by atoms with Crippen LogP contribution in [0.3, 0.4) is 0 Å². The highest BCUT2D eigenvalue weighted by molar-refractivity contribution is 9.10. The van der Waals surface area contributed by atoms with Gasteiger partial charge in [-0.15, -0.1) is 0 Å². The van der Waals surface area contributed by atoms with E-state index in [0.29, 0.717) is 13.1 Å². The molecule has 0 unspecified atom stereocenters. The minimum atomic E-state index is -0.257. The van der Waals surface area contributed by atoms with Gasteiger partial charge >= 0.3 is 0 Å². The zero-order valence-corrected chi connectivity index (χ0v) is 11.0. The molecule has 0 atom stereocenters. The lowest BCUT2D eigenvalue weighted by molar-refractivity contribution is 0.239. The van der Waals surface area contributed by atoms with Gasteiger partial charge in [0.05, 0.1) is 12.6 Å². The lowest BCUT2D eigenvalue weighted by Gasteiger charge is -2.23. The first kappa shape index (κ1) is 13.1. The number of hydrogen-bond acceptors (Lipinski definition) is 2. The quantitative estimate of drug-likeness (QED) is 0.793. The maximum absolute atomic E-state index is 12.9. The monoisotopic (exact) mass is 284 g/mol. The molecule has 0 amide bonds. The Morgan fingerprint density at radius 2 is 2.19 bits per heavy atom. The van der Waals surface area contributed by atoms with E-state index in [4.69, 9.17) is 5.26 Å². The fourth-order valence-corrected chi connectivity index (χ4v) is 1.86. The summed E-state index contributed by atoms with van der Waals surface area (Å²) < 4.78 is 13.6. The van der Waals surface area contributed by atoms with Crippen molar-refractivity contribution < 1.29 is 4.39 Å². The SMILES string of the molecule is CC(C)N(CC#N)Cc1ccc(F)cc1Br. The summed E-state index contributed by atoms with van der Waals surface area (Å²) in [6.45, 7) is 5.09. The first-order valence-electron chi connectivity index (χ1n) is 5.09. The van der Waals surface area contributed by atoms with Crippen LogP contribution >= 0.6 is 15.9 Å². The molecule has 0 aliphatic rings. The van der Waals surface area contributed by atoms with Crippen LogP contribution in [0, 0.1) is 17.1 Å². The normalized spacial score (nSPS) is 10.8. The molecule has 0 aliphatic carbocycles. The van der Waals surface area contributed by atoms with Crippen molar-refractivity contribution in [1.29, 1.82) is 5.26 Å². The van der Waals surface area contributed by atoms with Gasteiger partial charge in [0.2, 0.25) is 0 Å². The second kappa shape index (κ2) is 5.97. The van der Waals surface area contributed by atoms with Crippen LogP contribution in [-0.4, -0.2) is 17.5 Å². The van der Waals surface area contributed by atoms with Crippen LogP contribution in [0.15, 0.2) is 22.7 Å². The molecule has 86 valence electrons. The van der Waals surface area contributed by atoms with Crippen LogP contribution in [0.25, 0.3) is 0 Å². The molecule has 1 aromatic rings. The van der Waals surface area contributed by atoms with Crippen molar-refractivity contribution in [3.05, 3.63) is 34.1 Å². The second-order valence-electron chi connectivity index (χ2n) is 3.89. The summed E-state index contributed by atoms with van der Waals surface area (Å²) in [5.74, 6) is -0.257. The van der Waals surface area contributed by atoms with E-state index in [9.17, 15) is 4.39 Å². The zero-order chi connectivity index (χ0) is 12.1. The molecule has 0 aromatic heterocycles. The summed E-state index contributed by atoms with van der Waals surface area (Å²) in [6.07, 6.45) is 0. The molecule has 4 heteroatoms. The highest BCUT2D eigenvalue weighted by atomic mass is 79.9. The number of halogens is 2. The fraction of sp³-hybridized carbons (Fsp3) is 0.417. The maximum Gasteiger partial charge on any atom is 0.124 e. The highest BCUT2D eigenvalue weighted by Gasteiger charge is 2.11. The van der Waals surface area contributed by atoms with Crippen molar-refractivity contribution in [3.8, 4) is 6.07 Å². The lowest BCUT2D eigenvalue weighted by atomic mass is 10.2. The van der Waals surface area contributed by atoms with Crippen LogP contribution in [0.2, 0.25) is 0 Å². The topological polar surface area (TPSA) is 27.0 Å². The molecular formula is C12H14BrFN2. The molecule has 0 saturated heterocycles. The first-order chi connectivity index (χ1) is 7.54. The van der Waals surface area contributed by atoms with Crippen molar-refractivity contribution in [2.24, 2.45) is 0 Å². The molecule has 0 saturated carbocycles. The van der Waals surface area contributed by atoms with Gasteiger partial charge in [0.1, 0.15) is 5.82 Å². The van der Waals surface area contributed by atoms with E-state index < -0.39 is 0 Å². The Morgan fingerprint density at radius 3 is 2.69 bits per heavy atom. The van der Waals surface area contributed by atoms with Crippen molar-refractivity contribution >= 4 is 15.9 Å². The molecule has 0 bridgehead atoms. The summed E-state index contributed by atoms with van der Waals surface area (Å²) in [5, 5.41) is 8.71. The van der Waals surface area contributed by atoms with Crippen LogP contribution in [0.4, 0.5) is 4.39 Å². The largest absolute Gasteiger partial charge is 0.284 e. The van der Waals surface area contributed by atoms with Gasteiger partial charge < -0.3 is 0 Å². The standard InChI is InChI=1S/C12H14BrFN2/c1-9(2)16(6-5-15)8-10-3-4-11(14)7-12(10)13/h3-4,7,9H,6,8H2,1-2H3. The van der Waals surface area contributed by atoms with Crippen molar-refractivity contribution in [2.75, 3.05) is 6.54 Å². The number of rotatable bonds is 4. The van der Waals surface area contributed by atoms with Crippen LogP contribution in [0.1, 0.15) is 19.4 Å². The van der Waals surface area contributed by atoms with Gasteiger partial charge in [0, 0.05) is 17.1 Å². The Hall–Kier alpha value is -0.920. The highest BCUT2D eigenvalue weighted by Crippen LogP contribution is 2.20. The van der Waals surface area contributed by atoms with Crippen LogP contribution in [0.5, 0.6) is 0 Å². The van der Waals surface area contributed by atoms with Crippen molar-refractivity contribution in [1.82, 2.24) is 4.90 Å². The third kappa shape index (κ3) is 3.58. The van der Waals surface area contributed by atoms with E-state index in [0.717, 1.165) is 10.0 Å². The van der Waals surface area contributed by atoms with E-state index >= 15 is 0 Å². The minimum absolute atomic E-state index is 0.257. The molecule has 0 fully saturated rings. The molecule has 0 heterocycles. The lowest BCUT2D eigenvalue weighted by Crippen LogP contribution is -2.30. The smallest absolute Gasteiger partial charge is 0.124 e. The predicted octanol–water partition coefficient (Wildman–Crippen LogP) is 3.32. The Kier molecular flexibility index (Phi) is 4.91. The summed E-state index contributed by atoms with van der Waals surface area (Å²) in [4.78, 5) is 2.03. The Balaban J connectivity index is 2.82. The number of hydrogen-bond donors (Lipinski definition) is 0. The summed E-state index contributed by atoms with van der Waals surface area (Å²) >= 11 is 3.33. The molecule has 1 aromatic carbocycles. The molecule has 0 radical (unpaired) electrons. The Labute approximate surface area is 104 Å². The summed E-state index contributed by atoms with van der Waals surface area (Å²) in [7, 11) is 0. The average Bonchev–Trinajstić information content (AvgIpc) is 2.20. The van der Waals surface area contributed by atoms with E-state index in [1.165, 1.54) is 12.1 Å². The number of benzene rings is 1. The van der Waals surface area contributed by atoms with Crippen molar-refractivity contribution in [2.45, 2.75) is 26.4 Å². The summed E-state index contributed by atoms with van der Waals surface area (Å²) in [6, 6.07) is 7.05. The summed E-state index contributed by atoms with van der Waals surface area (Å²) in [5.41, 5.74) is 0.991. The minimum Gasteiger partial charge on any atom is -0.284 e. The Bertz CT molecular complexity index is 398. The first-order valence-corrected chi connectivity index (χ1v) is 5.89.